The van der Waals surface area contributed by atoms with Crippen molar-refractivity contribution in [1.82, 2.24) is 5.32 Å². The molecular weight excluding hydrogens is 218 g/mol. The summed E-state index contributed by atoms with van der Waals surface area (Å²) in [4.78, 5) is 2.81. The first-order valence-corrected chi connectivity index (χ1v) is 6.88. The third-order valence-electron chi connectivity index (χ3n) is 2.83. The summed E-state index contributed by atoms with van der Waals surface area (Å²) >= 11 is 1.87. The first-order valence-electron chi connectivity index (χ1n) is 6.06. The molecule has 16 heavy (non-hydrogen) atoms. The van der Waals surface area contributed by atoms with Crippen molar-refractivity contribution in [1.29, 1.82) is 0 Å². The number of unbranched alkanes of at least 4 members (excludes halogenated alkanes) is 2. The van der Waals surface area contributed by atoms with Crippen LogP contribution in [0.25, 0.3) is 0 Å². The van der Waals surface area contributed by atoms with Crippen LogP contribution in [-0.4, -0.2) is 18.3 Å². The summed E-state index contributed by atoms with van der Waals surface area (Å²) in [7, 11) is 0. The third-order valence-corrected chi connectivity index (χ3v) is 3.81. The zero-order chi connectivity index (χ0) is 12.0. The lowest BCUT2D eigenvalue weighted by molar-refractivity contribution is 0.282. The fourth-order valence-electron chi connectivity index (χ4n) is 1.92. The second kappa shape index (κ2) is 7.05. The van der Waals surface area contributed by atoms with E-state index in [1.165, 1.54) is 15.3 Å². The lowest BCUT2D eigenvalue weighted by Gasteiger charge is -2.13. The van der Waals surface area contributed by atoms with E-state index >= 15 is 0 Å². The molecule has 0 saturated carbocycles. The molecule has 0 aromatic carbocycles. The number of aryl methyl sites for hydroxylation is 2. The largest absolute Gasteiger partial charge is 0.396 e. The van der Waals surface area contributed by atoms with Gasteiger partial charge in [-0.3, -0.25) is 0 Å². The van der Waals surface area contributed by atoms with E-state index in [2.05, 4.69) is 32.2 Å². The summed E-state index contributed by atoms with van der Waals surface area (Å²) in [5.74, 6) is 0. The van der Waals surface area contributed by atoms with Crippen LogP contribution in [0.5, 0.6) is 0 Å². The van der Waals surface area contributed by atoms with Crippen molar-refractivity contribution < 1.29 is 5.11 Å². The van der Waals surface area contributed by atoms with Crippen LogP contribution in [0.1, 0.15) is 47.5 Å². The van der Waals surface area contributed by atoms with Crippen LogP contribution < -0.4 is 5.32 Å². The molecule has 1 atom stereocenters. The van der Waals surface area contributed by atoms with E-state index in [0.29, 0.717) is 12.6 Å². The van der Waals surface area contributed by atoms with Crippen LogP contribution >= 0.6 is 11.3 Å². The topological polar surface area (TPSA) is 32.3 Å². The first kappa shape index (κ1) is 13.7. The molecule has 92 valence electrons. The smallest absolute Gasteiger partial charge is 0.0431 e. The Hall–Kier alpha value is -0.380. The number of nitrogens with one attached hydrogen (secondary N) is 1. The van der Waals surface area contributed by atoms with Gasteiger partial charge in [-0.05, 0) is 58.2 Å². The molecule has 2 N–H and O–H groups in total. The average molecular weight is 241 g/mol. The number of aliphatic hydroxyl groups excluding tert-OH is 1. The second-order valence-corrected chi connectivity index (χ2v) is 5.79. The summed E-state index contributed by atoms with van der Waals surface area (Å²) in [5, 5.41) is 12.2. The van der Waals surface area contributed by atoms with Crippen LogP contribution in [0, 0.1) is 13.8 Å². The van der Waals surface area contributed by atoms with E-state index in [4.69, 9.17) is 5.11 Å². The maximum absolute atomic E-state index is 8.67. The standard InChI is InChI=1S/C13H23NOS/c1-10-9-13(12(3)16-10)11(2)14-7-5-4-6-8-15/h9,11,14-15H,4-8H2,1-3H3. The van der Waals surface area contributed by atoms with Crippen molar-refractivity contribution in [3.8, 4) is 0 Å². The van der Waals surface area contributed by atoms with Crippen LogP contribution in [0.15, 0.2) is 6.07 Å². The van der Waals surface area contributed by atoms with Gasteiger partial charge in [0.2, 0.25) is 0 Å². The number of thiophene rings is 1. The van der Waals surface area contributed by atoms with Gasteiger partial charge in [-0.25, -0.2) is 0 Å². The molecule has 1 aromatic heterocycles. The molecule has 0 saturated heterocycles. The average Bonchev–Trinajstić information content (AvgIpc) is 2.57. The fraction of sp³-hybridized carbons (Fsp3) is 0.692. The Balaban J connectivity index is 2.29. The van der Waals surface area contributed by atoms with Crippen molar-refractivity contribution in [2.75, 3.05) is 13.2 Å². The Labute approximate surface area is 103 Å². The van der Waals surface area contributed by atoms with Crippen molar-refractivity contribution in [2.45, 2.75) is 46.1 Å². The quantitative estimate of drug-likeness (QED) is 0.719. The SMILES string of the molecule is Cc1cc(C(C)NCCCCCO)c(C)s1. The number of hydrogen-bond acceptors (Lipinski definition) is 3. The van der Waals surface area contributed by atoms with Crippen molar-refractivity contribution in [3.63, 3.8) is 0 Å². The normalized spacial score (nSPS) is 13.0. The molecule has 2 nitrogen and oxygen atoms in total. The molecule has 0 aliphatic rings. The summed E-state index contributed by atoms with van der Waals surface area (Å²) < 4.78 is 0. The van der Waals surface area contributed by atoms with Gasteiger partial charge in [0.1, 0.15) is 0 Å². The highest BCUT2D eigenvalue weighted by molar-refractivity contribution is 7.12. The summed E-state index contributed by atoms with van der Waals surface area (Å²) in [6.45, 7) is 7.93. The summed E-state index contributed by atoms with van der Waals surface area (Å²) in [5.41, 5.74) is 1.43. The zero-order valence-electron chi connectivity index (χ0n) is 10.5. The van der Waals surface area contributed by atoms with Gasteiger partial charge < -0.3 is 10.4 Å². The van der Waals surface area contributed by atoms with Crippen LogP contribution in [0.3, 0.4) is 0 Å². The Morgan fingerprint density at radius 3 is 2.62 bits per heavy atom. The predicted octanol–water partition coefficient (Wildman–Crippen LogP) is 3.18. The summed E-state index contributed by atoms with van der Waals surface area (Å²) in [6, 6.07) is 2.73. The molecule has 1 aromatic rings. The van der Waals surface area contributed by atoms with Gasteiger partial charge in [0.05, 0.1) is 0 Å². The molecule has 0 radical (unpaired) electrons. The molecule has 3 heteroatoms. The minimum absolute atomic E-state index is 0.318. The third kappa shape index (κ3) is 4.24. The van der Waals surface area contributed by atoms with E-state index in [9.17, 15) is 0 Å². The van der Waals surface area contributed by atoms with E-state index in [0.717, 1.165) is 25.8 Å². The number of hydrogen-bond donors (Lipinski definition) is 2. The van der Waals surface area contributed by atoms with Gasteiger partial charge in [-0.15, -0.1) is 11.3 Å². The lowest BCUT2D eigenvalue weighted by Crippen LogP contribution is -2.20. The molecule has 0 spiro atoms. The minimum atomic E-state index is 0.318. The Bertz CT molecular complexity index is 309. The molecule has 0 amide bonds. The van der Waals surface area contributed by atoms with Gasteiger partial charge in [-0.2, -0.15) is 0 Å². The van der Waals surface area contributed by atoms with Crippen molar-refractivity contribution >= 4 is 11.3 Å². The molecule has 1 unspecified atom stereocenters. The van der Waals surface area contributed by atoms with Crippen LogP contribution in [-0.2, 0) is 0 Å². The predicted molar refractivity (Wildman–Crippen MR) is 71.1 cm³/mol. The highest BCUT2D eigenvalue weighted by Gasteiger charge is 2.09. The number of aliphatic hydroxyl groups is 1. The van der Waals surface area contributed by atoms with Gasteiger partial charge in [-0.1, -0.05) is 0 Å². The van der Waals surface area contributed by atoms with Gasteiger partial charge in [0.15, 0.2) is 0 Å². The lowest BCUT2D eigenvalue weighted by atomic mass is 10.1. The highest BCUT2D eigenvalue weighted by atomic mass is 32.1. The van der Waals surface area contributed by atoms with Crippen molar-refractivity contribution in [3.05, 3.63) is 21.4 Å². The maximum atomic E-state index is 8.67. The molecule has 0 bridgehead atoms. The van der Waals surface area contributed by atoms with Gasteiger partial charge in [0.25, 0.3) is 0 Å². The molecular formula is C13H23NOS. The maximum Gasteiger partial charge on any atom is 0.0431 e. The molecule has 1 rings (SSSR count). The monoisotopic (exact) mass is 241 g/mol. The molecule has 0 aliphatic carbocycles. The number of rotatable bonds is 7. The fourth-order valence-corrected chi connectivity index (χ4v) is 2.94. The van der Waals surface area contributed by atoms with Crippen molar-refractivity contribution in [2.24, 2.45) is 0 Å². The van der Waals surface area contributed by atoms with Gasteiger partial charge >= 0.3 is 0 Å². The van der Waals surface area contributed by atoms with Crippen LogP contribution in [0.2, 0.25) is 0 Å². The first-order chi connectivity index (χ1) is 7.65. The zero-order valence-corrected chi connectivity index (χ0v) is 11.4. The Morgan fingerprint density at radius 1 is 1.31 bits per heavy atom. The molecule has 1 heterocycles. The molecule has 0 aliphatic heterocycles. The van der Waals surface area contributed by atoms with E-state index in [1.54, 1.807) is 0 Å². The summed E-state index contributed by atoms with van der Waals surface area (Å²) in [6.07, 6.45) is 3.18. The molecule has 0 fully saturated rings. The Morgan fingerprint density at radius 2 is 2.06 bits per heavy atom. The van der Waals surface area contributed by atoms with E-state index in [-0.39, 0.29) is 0 Å². The Kier molecular flexibility index (Phi) is 6.03. The highest BCUT2D eigenvalue weighted by Crippen LogP contribution is 2.25. The van der Waals surface area contributed by atoms with Crippen LogP contribution in [0.4, 0.5) is 0 Å². The van der Waals surface area contributed by atoms with E-state index < -0.39 is 0 Å². The van der Waals surface area contributed by atoms with E-state index in [1.807, 2.05) is 11.3 Å². The van der Waals surface area contributed by atoms with Gasteiger partial charge in [0, 0.05) is 22.4 Å². The minimum Gasteiger partial charge on any atom is -0.396 e. The second-order valence-electron chi connectivity index (χ2n) is 4.33.